The number of hydrogen-bond acceptors (Lipinski definition) is 9. The van der Waals surface area contributed by atoms with Gasteiger partial charge in [0.15, 0.2) is 11.7 Å². The standard InChI is InChI=1S/C10H12N8O2/c11-8-7(9(12)15-10(13)14-8)17-16-5-3-1-2-4-6(5)18(19)20/h1-4,7-8H,11H2,(H4,12,13,14,15). The third-order valence-electron chi connectivity index (χ3n) is 2.52. The fraction of sp³-hybridized carbons (Fsp3) is 0.200. The predicted molar refractivity (Wildman–Crippen MR) is 72.6 cm³/mol. The lowest BCUT2D eigenvalue weighted by atomic mass is 10.2. The molecule has 104 valence electrons. The monoisotopic (exact) mass is 276 g/mol. The van der Waals surface area contributed by atoms with Gasteiger partial charge in [0.05, 0.1) is 4.92 Å². The number of nitro groups is 1. The Kier molecular flexibility index (Phi) is 3.66. The molecule has 0 aliphatic carbocycles. The zero-order chi connectivity index (χ0) is 14.7. The summed E-state index contributed by atoms with van der Waals surface area (Å²) in [5.74, 6) is 0.0273. The molecule has 0 fully saturated rings. The number of benzene rings is 1. The van der Waals surface area contributed by atoms with E-state index in [-0.39, 0.29) is 23.2 Å². The molecular formula is C10H12N8O2. The summed E-state index contributed by atoms with van der Waals surface area (Å²) >= 11 is 0. The highest BCUT2D eigenvalue weighted by molar-refractivity contribution is 5.99. The second kappa shape index (κ2) is 5.40. The molecule has 1 aromatic carbocycles. The van der Waals surface area contributed by atoms with E-state index in [2.05, 4.69) is 20.2 Å². The molecule has 0 aromatic heterocycles. The zero-order valence-corrected chi connectivity index (χ0v) is 10.2. The highest BCUT2D eigenvalue weighted by Crippen LogP contribution is 2.27. The summed E-state index contributed by atoms with van der Waals surface area (Å²) in [5, 5.41) is 18.5. The molecule has 2 unspecified atom stereocenters. The summed E-state index contributed by atoms with van der Waals surface area (Å²) in [7, 11) is 0. The normalized spacial score (nSPS) is 22.4. The van der Waals surface area contributed by atoms with Crippen molar-refractivity contribution >= 4 is 23.2 Å². The van der Waals surface area contributed by atoms with Crippen molar-refractivity contribution in [2.45, 2.75) is 12.2 Å². The highest BCUT2D eigenvalue weighted by atomic mass is 16.6. The van der Waals surface area contributed by atoms with Crippen LogP contribution in [0.5, 0.6) is 0 Å². The van der Waals surface area contributed by atoms with Crippen LogP contribution in [0.4, 0.5) is 11.4 Å². The molecule has 1 aliphatic rings. The van der Waals surface area contributed by atoms with Gasteiger partial charge in [0.1, 0.15) is 12.0 Å². The summed E-state index contributed by atoms with van der Waals surface area (Å²) in [6, 6.07) is 5.12. The second-order valence-corrected chi connectivity index (χ2v) is 3.92. The first-order chi connectivity index (χ1) is 9.49. The van der Waals surface area contributed by atoms with Crippen LogP contribution in [0, 0.1) is 10.1 Å². The van der Waals surface area contributed by atoms with Crippen LogP contribution >= 0.6 is 0 Å². The molecule has 1 aliphatic heterocycles. The lowest BCUT2D eigenvalue weighted by Gasteiger charge is -2.18. The first-order valence-corrected chi connectivity index (χ1v) is 5.56. The van der Waals surface area contributed by atoms with Crippen LogP contribution < -0.4 is 17.2 Å². The fourth-order valence-corrected chi connectivity index (χ4v) is 1.58. The van der Waals surface area contributed by atoms with Gasteiger partial charge in [-0.2, -0.15) is 10.1 Å². The Balaban J connectivity index is 2.27. The number of nitro benzene ring substituents is 1. The van der Waals surface area contributed by atoms with E-state index in [1.807, 2.05) is 0 Å². The van der Waals surface area contributed by atoms with Gasteiger partial charge in [0.25, 0.3) is 5.69 Å². The van der Waals surface area contributed by atoms with E-state index in [1.54, 1.807) is 6.07 Å². The van der Waals surface area contributed by atoms with E-state index < -0.39 is 17.1 Å². The van der Waals surface area contributed by atoms with Crippen LogP contribution in [0.25, 0.3) is 0 Å². The number of aliphatic imine (C=N–C) groups is 2. The molecular weight excluding hydrogens is 264 g/mol. The first-order valence-electron chi connectivity index (χ1n) is 5.56. The van der Waals surface area contributed by atoms with Crippen LogP contribution in [0.1, 0.15) is 0 Å². The summed E-state index contributed by atoms with van der Waals surface area (Å²) in [6.07, 6.45) is -0.820. The smallest absolute Gasteiger partial charge is 0.296 e. The van der Waals surface area contributed by atoms with Crippen LogP contribution in [0.3, 0.4) is 0 Å². The molecule has 0 amide bonds. The lowest BCUT2D eigenvalue weighted by Crippen LogP contribution is -2.46. The summed E-state index contributed by atoms with van der Waals surface area (Å²) in [5.41, 5.74) is 16.7. The van der Waals surface area contributed by atoms with E-state index in [1.165, 1.54) is 18.2 Å². The van der Waals surface area contributed by atoms with Crippen LogP contribution in [-0.2, 0) is 0 Å². The topological polar surface area (TPSA) is 171 Å². The first kappa shape index (κ1) is 13.5. The Morgan fingerprint density at radius 3 is 2.65 bits per heavy atom. The van der Waals surface area contributed by atoms with Gasteiger partial charge in [-0.05, 0) is 6.07 Å². The number of nitrogens with two attached hydrogens (primary N) is 3. The van der Waals surface area contributed by atoms with Gasteiger partial charge >= 0.3 is 0 Å². The van der Waals surface area contributed by atoms with Gasteiger partial charge < -0.3 is 17.2 Å². The molecule has 2 rings (SSSR count). The third kappa shape index (κ3) is 2.75. The third-order valence-corrected chi connectivity index (χ3v) is 2.52. The number of azo groups is 1. The fourth-order valence-electron chi connectivity index (χ4n) is 1.58. The average Bonchev–Trinajstić information content (AvgIpc) is 2.37. The van der Waals surface area contributed by atoms with Gasteiger partial charge in [-0.1, -0.05) is 12.1 Å². The van der Waals surface area contributed by atoms with Crippen molar-refractivity contribution in [1.29, 1.82) is 0 Å². The molecule has 2 atom stereocenters. The van der Waals surface area contributed by atoms with Gasteiger partial charge in [-0.15, -0.1) is 5.11 Å². The minimum atomic E-state index is -0.820. The minimum Gasteiger partial charge on any atom is -0.385 e. The van der Waals surface area contributed by atoms with E-state index in [0.717, 1.165) is 0 Å². The van der Waals surface area contributed by atoms with E-state index in [0.29, 0.717) is 0 Å². The van der Waals surface area contributed by atoms with Crippen molar-refractivity contribution in [2.75, 3.05) is 0 Å². The molecule has 10 nitrogen and oxygen atoms in total. The number of guanidine groups is 1. The van der Waals surface area contributed by atoms with E-state index in [9.17, 15) is 10.1 Å². The Labute approximate surface area is 113 Å². The van der Waals surface area contributed by atoms with Crippen molar-refractivity contribution in [3.8, 4) is 0 Å². The van der Waals surface area contributed by atoms with Crippen LogP contribution in [0.15, 0.2) is 44.5 Å². The van der Waals surface area contributed by atoms with E-state index in [4.69, 9.17) is 17.2 Å². The predicted octanol–water partition coefficient (Wildman–Crippen LogP) is 0.0174. The lowest BCUT2D eigenvalue weighted by molar-refractivity contribution is -0.384. The quantitative estimate of drug-likeness (QED) is 0.400. The average molecular weight is 276 g/mol. The number of amidine groups is 1. The van der Waals surface area contributed by atoms with Gasteiger partial charge in [0, 0.05) is 6.07 Å². The SMILES string of the molecule is NC1=NC(N)C(N=Nc2ccccc2[N+](=O)[O-])C(N)=N1. The van der Waals surface area contributed by atoms with Crippen molar-refractivity contribution in [2.24, 2.45) is 37.4 Å². The van der Waals surface area contributed by atoms with Crippen LogP contribution in [0.2, 0.25) is 0 Å². The Morgan fingerprint density at radius 2 is 2.00 bits per heavy atom. The maximum Gasteiger partial charge on any atom is 0.296 e. The molecule has 0 radical (unpaired) electrons. The number of rotatable bonds is 3. The molecule has 0 saturated heterocycles. The largest absolute Gasteiger partial charge is 0.385 e. The zero-order valence-electron chi connectivity index (χ0n) is 10.2. The van der Waals surface area contributed by atoms with Crippen molar-refractivity contribution in [3.05, 3.63) is 34.4 Å². The van der Waals surface area contributed by atoms with Crippen LogP contribution in [-0.4, -0.2) is 28.9 Å². The summed E-state index contributed by atoms with van der Waals surface area (Å²) in [4.78, 5) is 17.8. The van der Waals surface area contributed by atoms with Gasteiger partial charge in [0.2, 0.25) is 5.96 Å². The molecule has 0 spiro atoms. The van der Waals surface area contributed by atoms with Crippen molar-refractivity contribution in [1.82, 2.24) is 0 Å². The Bertz CT molecular complexity index is 623. The molecule has 20 heavy (non-hydrogen) atoms. The number of para-hydroxylation sites is 1. The number of nitrogens with zero attached hydrogens (tertiary/aromatic N) is 5. The second-order valence-electron chi connectivity index (χ2n) is 3.92. The van der Waals surface area contributed by atoms with Gasteiger partial charge in [-0.3, -0.25) is 10.1 Å². The molecule has 6 N–H and O–H groups in total. The summed E-state index contributed by atoms with van der Waals surface area (Å²) < 4.78 is 0. The Morgan fingerprint density at radius 1 is 1.30 bits per heavy atom. The molecule has 1 aromatic rings. The van der Waals surface area contributed by atoms with E-state index >= 15 is 0 Å². The van der Waals surface area contributed by atoms with Crippen molar-refractivity contribution in [3.63, 3.8) is 0 Å². The maximum absolute atomic E-state index is 10.8. The highest BCUT2D eigenvalue weighted by Gasteiger charge is 2.25. The maximum atomic E-state index is 10.8. The van der Waals surface area contributed by atoms with Gasteiger partial charge in [-0.25, -0.2) is 4.99 Å². The number of hydrogen-bond donors (Lipinski definition) is 3. The molecule has 10 heteroatoms. The van der Waals surface area contributed by atoms with Crippen molar-refractivity contribution < 1.29 is 4.92 Å². The molecule has 1 heterocycles. The summed E-state index contributed by atoms with van der Waals surface area (Å²) in [6.45, 7) is 0. The Hall–Kier alpha value is -2.88. The molecule has 0 bridgehead atoms. The minimum absolute atomic E-state index is 0.0351. The molecule has 0 saturated carbocycles.